The monoisotopic (exact) mass is 302 g/mol. The van der Waals surface area contributed by atoms with Crippen LogP contribution in [-0.2, 0) is 12.2 Å². The van der Waals surface area contributed by atoms with Crippen LogP contribution in [0.1, 0.15) is 26.3 Å². The van der Waals surface area contributed by atoms with Crippen molar-refractivity contribution in [2.75, 3.05) is 5.75 Å². The summed E-state index contributed by atoms with van der Waals surface area (Å²) in [7, 11) is 0. The molecular weight excluding hydrogens is 292 g/mol. The van der Waals surface area contributed by atoms with Gasteiger partial charge in [0.1, 0.15) is 6.10 Å². The molecule has 5 heteroatoms. The number of aryl methyl sites for hydroxylation is 1. The van der Waals surface area contributed by atoms with E-state index in [-0.39, 0.29) is 0 Å². The van der Waals surface area contributed by atoms with Crippen LogP contribution in [0, 0.1) is 0 Å². The number of halogens is 1. The maximum Gasteiger partial charge on any atom is 0.122 e. The van der Waals surface area contributed by atoms with E-state index in [2.05, 4.69) is 6.07 Å². The molecule has 0 spiro atoms. The van der Waals surface area contributed by atoms with Crippen molar-refractivity contribution in [1.82, 2.24) is 0 Å². The van der Waals surface area contributed by atoms with Gasteiger partial charge in [-0.3, -0.25) is 0 Å². The van der Waals surface area contributed by atoms with Gasteiger partial charge in [-0.05, 0) is 35.9 Å². The highest BCUT2D eigenvalue weighted by Gasteiger charge is 2.20. The number of rotatable bonds is 2. The number of hydrogen-bond donors (Lipinski definition) is 1. The highest BCUT2D eigenvalue weighted by Crippen LogP contribution is 2.38. The van der Waals surface area contributed by atoms with Gasteiger partial charge < -0.3 is 5.11 Å². The Bertz CT molecular complexity index is 508. The minimum Gasteiger partial charge on any atom is -0.382 e. The third-order valence-electron chi connectivity index (χ3n) is 2.78. The summed E-state index contributed by atoms with van der Waals surface area (Å²) in [6, 6.07) is 5.91. The molecular formula is C12H11ClOS3. The van der Waals surface area contributed by atoms with E-state index in [1.807, 2.05) is 23.9 Å². The van der Waals surface area contributed by atoms with Crippen LogP contribution in [-0.4, -0.2) is 10.9 Å². The van der Waals surface area contributed by atoms with Gasteiger partial charge in [0.2, 0.25) is 0 Å². The predicted molar refractivity (Wildman–Crippen MR) is 77.6 cm³/mol. The zero-order valence-electron chi connectivity index (χ0n) is 8.98. The first-order chi connectivity index (χ1) is 8.24. The van der Waals surface area contributed by atoms with Crippen LogP contribution in [0.25, 0.3) is 0 Å². The molecule has 0 saturated carbocycles. The molecule has 2 aromatic rings. The molecule has 1 N–H and O–H groups in total. The second-order valence-electron chi connectivity index (χ2n) is 3.94. The number of thiophene rings is 2. The van der Waals surface area contributed by atoms with Crippen LogP contribution < -0.4 is 0 Å². The Morgan fingerprint density at radius 2 is 2.12 bits per heavy atom. The predicted octanol–water partition coefficient (Wildman–Crippen LogP) is 4.33. The Balaban J connectivity index is 1.91. The molecule has 17 heavy (non-hydrogen) atoms. The Labute approximate surface area is 117 Å². The fourth-order valence-corrected chi connectivity index (χ4v) is 5.44. The van der Waals surface area contributed by atoms with Crippen LogP contribution >= 0.6 is 46.0 Å². The van der Waals surface area contributed by atoms with Crippen LogP contribution in [0.2, 0.25) is 4.34 Å². The average Bonchev–Trinajstić information content (AvgIpc) is 2.93. The third-order valence-corrected chi connectivity index (χ3v) is 6.36. The second kappa shape index (κ2) is 4.94. The topological polar surface area (TPSA) is 20.2 Å². The molecule has 0 saturated heterocycles. The molecule has 3 heterocycles. The Kier molecular flexibility index (Phi) is 3.50. The molecule has 1 atom stereocenters. The van der Waals surface area contributed by atoms with E-state index >= 15 is 0 Å². The van der Waals surface area contributed by atoms with E-state index in [1.54, 1.807) is 11.3 Å². The normalized spacial score (nSPS) is 16.8. The van der Waals surface area contributed by atoms with Crippen molar-refractivity contribution in [3.8, 4) is 0 Å². The molecule has 0 fully saturated rings. The lowest BCUT2D eigenvalue weighted by Gasteiger charge is -2.08. The maximum atomic E-state index is 10.3. The third kappa shape index (κ3) is 2.42. The van der Waals surface area contributed by atoms with E-state index in [1.165, 1.54) is 27.5 Å². The van der Waals surface area contributed by atoms with Gasteiger partial charge in [0.25, 0.3) is 0 Å². The molecule has 2 aromatic heterocycles. The standard InChI is InChI=1S/C12H11ClOS3/c13-11-2-1-9(17-11)12(14)10-5-7-6-15-4-3-8(7)16-10/h1-2,5,12,14H,3-4,6H2. The van der Waals surface area contributed by atoms with E-state index in [0.29, 0.717) is 0 Å². The first-order valence-corrected chi connectivity index (χ1v) is 8.53. The van der Waals surface area contributed by atoms with Gasteiger partial charge in [-0.1, -0.05) is 11.6 Å². The smallest absolute Gasteiger partial charge is 0.122 e. The van der Waals surface area contributed by atoms with E-state index < -0.39 is 6.10 Å². The molecule has 1 aliphatic heterocycles. The summed E-state index contributed by atoms with van der Waals surface area (Å²) in [5.41, 5.74) is 1.41. The molecule has 1 nitrogen and oxygen atoms in total. The van der Waals surface area contributed by atoms with Crippen LogP contribution in [0.4, 0.5) is 0 Å². The SMILES string of the molecule is OC(c1ccc(Cl)s1)c1cc2c(s1)CCSC2. The van der Waals surface area contributed by atoms with Crippen molar-refractivity contribution in [2.45, 2.75) is 18.3 Å². The molecule has 0 aromatic carbocycles. The molecule has 0 aliphatic carbocycles. The van der Waals surface area contributed by atoms with Gasteiger partial charge in [-0.25, -0.2) is 0 Å². The quantitative estimate of drug-likeness (QED) is 0.891. The molecule has 0 amide bonds. The largest absolute Gasteiger partial charge is 0.382 e. The Morgan fingerprint density at radius 3 is 2.82 bits per heavy atom. The minimum absolute atomic E-state index is 0.506. The zero-order valence-corrected chi connectivity index (χ0v) is 12.2. The van der Waals surface area contributed by atoms with Crippen LogP contribution in [0.15, 0.2) is 18.2 Å². The van der Waals surface area contributed by atoms with E-state index in [4.69, 9.17) is 11.6 Å². The lowest BCUT2D eigenvalue weighted by molar-refractivity contribution is 0.228. The van der Waals surface area contributed by atoms with Crippen molar-refractivity contribution in [3.05, 3.63) is 42.7 Å². The summed E-state index contributed by atoms with van der Waals surface area (Å²) in [6.07, 6.45) is 0.635. The van der Waals surface area contributed by atoms with Gasteiger partial charge in [-0.2, -0.15) is 11.8 Å². The fraction of sp³-hybridized carbons (Fsp3) is 0.333. The van der Waals surface area contributed by atoms with Gasteiger partial charge >= 0.3 is 0 Å². The highest BCUT2D eigenvalue weighted by molar-refractivity contribution is 7.98. The minimum atomic E-state index is -0.506. The lowest BCUT2D eigenvalue weighted by atomic mass is 10.2. The number of fused-ring (bicyclic) bond motifs is 1. The molecule has 0 bridgehead atoms. The zero-order chi connectivity index (χ0) is 11.8. The highest BCUT2D eigenvalue weighted by atomic mass is 35.5. The average molecular weight is 303 g/mol. The van der Waals surface area contributed by atoms with Crippen LogP contribution in [0.5, 0.6) is 0 Å². The summed E-state index contributed by atoms with van der Waals surface area (Å²) in [5.74, 6) is 2.29. The summed E-state index contributed by atoms with van der Waals surface area (Å²) in [5, 5.41) is 10.3. The van der Waals surface area contributed by atoms with Crippen molar-refractivity contribution in [2.24, 2.45) is 0 Å². The van der Waals surface area contributed by atoms with E-state index in [0.717, 1.165) is 26.3 Å². The van der Waals surface area contributed by atoms with Gasteiger partial charge in [-0.15, -0.1) is 22.7 Å². The number of aliphatic hydroxyl groups is 1. The van der Waals surface area contributed by atoms with Gasteiger partial charge in [0.05, 0.1) is 4.34 Å². The van der Waals surface area contributed by atoms with Crippen LogP contribution in [0.3, 0.4) is 0 Å². The number of thioether (sulfide) groups is 1. The van der Waals surface area contributed by atoms with Crippen molar-refractivity contribution < 1.29 is 5.11 Å². The lowest BCUT2D eigenvalue weighted by Crippen LogP contribution is -1.96. The van der Waals surface area contributed by atoms with Crippen molar-refractivity contribution >= 4 is 46.0 Å². The van der Waals surface area contributed by atoms with E-state index in [9.17, 15) is 5.11 Å². The first kappa shape index (κ1) is 12.1. The molecule has 3 rings (SSSR count). The number of aliphatic hydroxyl groups excluding tert-OH is 1. The van der Waals surface area contributed by atoms with Gasteiger partial charge in [0.15, 0.2) is 0 Å². The van der Waals surface area contributed by atoms with Gasteiger partial charge in [0, 0.05) is 20.4 Å². The van der Waals surface area contributed by atoms with Crippen molar-refractivity contribution in [1.29, 1.82) is 0 Å². The fourth-order valence-electron chi connectivity index (χ4n) is 1.92. The molecule has 1 unspecified atom stereocenters. The maximum absolute atomic E-state index is 10.3. The summed E-state index contributed by atoms with van der Waals surface area (Å²) < 4.78 is 0.732. The summed E-state index contributed by atoms with van der Waals surface area (Å²) in [6.45, 7) is 0. The first-order valence-electron chi connectivity index (χ1n) is 5.36. The Hall–Kier alpha value is -0.000000000000000111. The summed E-state index contributed by atoms with van der Waals surface area (Å²) in [4.78, 5) is 3.43. The summed E-state index contributed by atoms with van der Waals surface area (Å²) >= 11 is 11.1. The molecule has 90 valence electrons. The Morgan fingerprint density at radius 1 is 1.24 bits per heavy atom. The molecule has 1 aliphatic rings. The number of hydrogen-bond acceptors (Lipinski definition) is 4. The second-order valence-corrected chi connectivity index (χ2v) is 7.96. The van der Waals surface area contributed by atoms with Crippen molar-refractivity contribution in [3.63, 3.8) is 0 Å². The molecule has 0 radical (unpaired) electrons.